The number of aromatic nitrogens is 2. The van der Waals surface area contributed by atoms with Crippen LogP contribution in [0.2, 0.25) is 0 Å². The third-order valence-corrected chi connectivity index (χ3v) is 7.15. The zero-order valence-electron chi connectivity index (χ0n) is 17.8. The first-order valence-corrected chi connectivity index (χ1v) is 11.7. The van der Waals surface area contributed by atoms with Crippen molar-refractivity contribution in [3.8, 4) is 10.4 Å². The number of thiophene rings is 1. The molecular formula is C24H21N3O3S2. The van der Waals surface area contributed by atoms with E-state index in [1.807, 2.05) is 36.4 Å². The first-order valence-electron chi connectivity index (χ1n) is 9.98. The molecule has 32 heavy (non-hydrogen) atoms. The molecular weight excluding hydrogens is 442 g/mol. The molecule has 0 saturated heterocycles. The fraction of sp³-hybridized carbons (Fsp3) is 0.167. The number of amides is 1. The molecule has 1 amide bonds. The summed E-state index contributed by atoms with van der Waals surface area (Å²) in [4.78, 5) is 43.3. The van der Waals surface area contributed by atoms with Crippen LogP contribution >= 0.6 is 23.1 Å². The Morgan fingerprint density at radius 1 is 1.09 bits per heavy atom. The van der Waals surface area contributed by atoms with Crippen LogP contribution in [0.5, 0.6) is 0 Å². The van der Waals surface area contributed by atoms with Crippen LogP contribution < -0.4 is 10.9 Å². The van der Waals surface area contributed by atoms with Gasteiger partial charge in [0.2, 0.25) is 5.91 Å². The van der Waals surface area contributed by atoms with E-state index in [4.69, 9.17) is 0 Å². The molecule has 0 bridgehead atoms. The summed E-state index contributed by atoms with van der Waals surface area (Å²) >= 11 is 2.73. The Bertz CT molecular complexity index is 1360. The normalized spacial score (nSPS) is 12.0. The fourth-order valence-corrected chi connectivity index (χ4v) is 5.29. The Balaban J connectivity index is 1.59. The fourth-order valence-electron chi connectivity index (χ4n) is 3.26. The monoisotopic (exact) mass is 463 g/mol. The minimum Gasteiger partial charge on any atom is -0.326 e. The molecule has 1 N–H and O–H groups in total. The van der Waals surface area contributed by atoms with Gasteiger partial charge >= 0.3 is 0 Å². The number of nitrogens with zero attached hydrogens (tertiary/aromatic N) is 2. The van der Waals surface area contributed by atoms with Crippen LogP contribution in [-0.2, 0) is 11.8 Å². The van der Waals surface area contributed by atoms with Crippen molar-refractivity contribution in [2.24, 2.45) is 7.05 Å². The Labute approximate surface area is 193 Å². The largest absolute Gasteiger partial charge is 0.326 e. The molecule has 0 aliphatic heterocycles. The molecule has 162 valence electrons. The Morgan fingerprint density at radius 2 is 1.78 bits per heavy atom. The molecule has 6 nitrogen and oxygen atoms in total. The molecule has 2 heterocycles. The molecule has 1 atom stereocenters. The summed E-state index contributed by atoms with van der Waals surface area (Å²) in [6.07, 6.45) is 0. The highest BCUT2D eigenvalue weighted by Gasteiger charge is 2.21. The van der Waals surface area contributed by atoms with Crippen LogP contribution in [0.3, 0.4) is 0 Å². The summed E-state index contributed by atoms with van der Waals surface area (Å²) in [5.74, 6) is -0.241. The molecule has 2 aromatic heterocycles. The number of thioether (sulfide) groups is 1. The van der Waals surface area contributed by atoms with Crippen molar-refractivity contribution in [3.05, 3.63) is 76.6 Å². The number of fused-ring (bicyclic) bond motifs is 1. The lowest BCUT2D eigenvalue weighted by molar-refractivity contribution is -0.114. The van der Waals surface area contributed by atoms with Gasteiger partial charge in [0, 0.05) is 30.1 Å². The highest BCUT2D eigenvalue weighted by Crippen LogP contribution is 2.33. The lowest BCUT2D eigenvalue weighted by atomic mass is 10.1. The van der Waals surface area contributed by atoms with Gasteiger partial charge in [0.15, 0.2) is 10.9 Å². The van der Waals surface area contributed by atoms with Gasteiger partial charge in [0.05, 0.1) is 10.6 Å². The van der Waals surface area contributed by atoms with Crippen LogP contribution in [0.1, 0.15) is 24.2 Å². The summed E-state index contributed by atoms with van der Waals surface area (Å²) in [6, 6.07) is 18.5. The van der Waals surface area contributed by atoms with Gasteiger partial charge in [0.1, 0.15) is 4.83 Å². The van der Waals surface area contributed by atoms with Crippen LogP contribution in [0.15, 0.2) is 70.6 Å². The zero-order valence-corrected chi connectivity index (χ0v) is 19.4. The zero-order chi connectivity index (χ0) is 22.8. The van der Waals surface area contributed by atoms with Crippen molar-refractivity contribution in [2.75, 3.05) is 5.32 Å². The molecule has 0 fully saturated rings. The van der Waals surface area contributed by atoms with Crippen molar-refractivity contribution >= 4 is 50.7 Å². The Kier molecular flexibility index (Phi) is 6.25. The summed E-state index contributed by atoms with van der Waals surface area (Å²) in [5, 5.41) is 3.32. The van der Waals surface area contributed by atoms with Crippen molar-refractivity contribution in [1.29, 1.82) is 0 Å². The minimum absolute atomic E-state index is 0.0742. The van der Waals surface area contributed by atoms with Crippen LogP contribution in [0.4, 0.5) is 5.69 Å². The maximum absolute atomic E-state index is 12.9. The number of hydrogen-bond donors (Lipinski definition) is 1. The summed E-state index contributed by atoms with van der Waals surface area (Å²) in [7, 11) is 1.68. The van der Waals surface area contributed by atoms with Crippen LogP contribution in [-0.4, -0.2) is 26.5 Å². The number of carbonyl (C=O) groups excluding carboxylic acids is 2. The number of rotatable bonds is 6. The highest BCUT2D eigenvalue weighted by atomic mass is 32.2. The predicted molar refractivity (Wildman–Crippen MR) is 131 cm³/mol. The van der Waals surface area contributed by atoms with Gasteiger partial charge in [-0.2, -0.15) is 0 Å². The van der Waals surface area contributed by atoms with E-state index in [0.29, 0.717) is 26.6 Å². The quantitative estimate of drug-likeness (QED) is 0.248. The van der Waals surface area contributed by atoms with E-state index < -0.39 is 5.25 Å². The first kappa shape index (κ1) is 22.0. The van der Waals surface area contributed by atoms with Crippen molar-refractivity contribution in [3.63, 3.8) is 0 Å². The number of hydrogen-bond acceptors (Lipinski definition) is 6. The number of benzene rings is 2. The molecule has 1 unspecified atom stereocenters. The van der Waals surface area contributed by atoms with E-state index in [9.17, 15) is 14.4 Å². The average Bonchev–Trinajstić information content (AvgIpc) is 3.22. The van der Waals surface area contributed by atoms with Crippen LogP contribution in [0, 0.1) is 0 Å². The van der Waals surface area contributed by atoms with Gasteiger partial charge in [-0.15, -0.1) is 11.3 Å². The molecule has 0 aliphatic rings. The molecule has 0 spiro atoms. The van der Waals surface area contributed by atoms with E-state index in [0.717, 1.165) is 10.4 Å². The topological polar surface area (TPSA) is 81.1 Å². The SMILES string of the molecule is CC(=O)Nc1ccc(C(=O)C(C)Sc2nc3sc(-c4ccccc4)cc3c(=O)n2C)cc1. The second-order valence-corrected chi connectivity index (χ2v) is 9.68. The number of Topliss-reactive ketones (excluding diaryl/α,β-unsaturated/α-hetero) is 1. The second kappa shape index (κ2) is 9.10. The van der Waals surface area contributed by atoms with Gasteiger partial charge in [0.25, 0.3) is 5.56 Å². The first-order chi connectivity index (χ1) is 15.3. The molecule has 8 heteroatoms. The second-order valence-electron chi connectivity index (χ2n) is 7.34. The maximum atomic E-state index is 12.9. The molecule has 0 aliphatic carbocycles. The maximum Gasteiger partial charge on any atom is 0.262 e. The van der Waals surface area contributed by atoms with E-state index >= 15 is 0 Å². The standard InChI is InChI=1S/C24H21N3O3S2/c1-14(21(29)17-9-11-18(12-10-17)25-15(2)28)31-24-26-22-19(23(30)27(24)3)13-20(32-22)16-7-5-4-6-8-16/h4-14H,1-3H3,(H,25,28). The number of carbonyl (C=O) groups is 2. The van der Waals surface area contributed by atoms with Gasteiger partial charge < -0.3 is 5.32 Å². The lowest BCUT2D eigenvalue weighted by Gasteiger charge is -2.12. The third kappa shape index (κ3) is 4.51. The molecule has 2 aromatic carbocycles. The molecule has 4 aromatic rings. The Hall–Kier alpha value is -3.23. The summed E-state index contributed by atoms with van der Waals surface area (Å²) < 4.78 is 1.50. The predicted octanol–water partition coefficient (Wildman–Crippen LogP) is 4.98. The smallest absolute Gasteiger partial charge is 0.262 e. The van der Waals surface area contributed by atoms with Crippen molar-refractivity contribution in [1.82, 2.24) is 9.55 Å². The lowest BCUT2D eigenvalue weighted by Crippen LogP contribution is -2.21. The van der Waals surface area contributed by atoms with Gasteiger partial charge in [-0.1, -0.05) is 42.1 Å². The van der Waals surface area contributed by atoms with E-state index in [2.05, 4.69) is 10.3 Å². The third-order valence-electron chi connectivity index (χ3n) is 4.93. The van der Waals surface area contributed by atoms with E-state index in [1.165, 1.54) is 34.6 Å². The van der Waals surface area contributed by atoms with Gasteiger partial charge in [-0.05, 0) is 42.8 Å². The molecule has 0 radical (unpaired) electrons. The van der Waals surface area contributed by atoms with Crippen molar-refractivity contribution in [2.45, 2.75) is 24.3 Å². The summed E-state index contributed by atoms with van der Waals surface area (Å²) in [5.41, 5.74) is 2.08. The van der Waals surface area contributed by atoms with Gasteiger partial charge in [-0.3, -0.25) is 19.0 Å². The summed E-state index contributed by atoms with van der Waals surface area (Å²) in [6.45, 7) is 3.23. The number of nitrogens with one attached hydrogen (secondary N) is 1. The highest BCUT2D eigenvalue weighted by molar-refractivity contribution is 8.00. The average molecular weight is 464 g/mol. The van der Waals surface area contributed by atoms with Crippen LogP contribution in [0.25, 0.3) is 20.7 Å². The van der Waals surface area contributed by atoms with Gasteiger partial charge in [-0.25, -0.2) is 4.98 Å². The molecule has 0 saturated carbocycles. The molecule has 4 rings (SSSR count). The number of anilines is 1. The van der Waals surface area contributed by atoms with E-state index in [-0.39, 0.29) is 17.2 Å². The number of ketones is 1. The van der Waals surface area contributed by atoms with E-state index in [1.54, 1.807) is 38.2 Å². The Morgan fingerprint density at radius 3 is 2.44 bits per heavy atom. The minimum atomic E-state index is -0.439. The van der Waals surface area contributed by atoms with Crippen molar-refractivity contribution < 1.29 is 9.59 Å².